The van der Waals surface area contributed by atoms with Crippen molar-refractivity contribution in [3.8, 4) is 5.75 Å². The minimum Gasteiger partial charge on any atom is -0.490 e. The molecular weight excluding hydrogens is 265 g/mol. The molecule has 1 aliphatic heterocycles. The minimum absolute atomic E-state index is 0.0883. The van der Waals surface area contributed by atoms with Crippen molar-refractivity contribution < 1.29 is 9.13 Å². The zero-order valence-corrected chi connectivity index (χ0v) is 12.2. The molecule has 0 bridgehead atoms. The van der Waals surface area contributed by atoms with Crippen LogP contribution in [0, 0.1) is 5.82 Å². The van der Waals surface area contributed by atoms with E-state index >= 15 is 0 Å². The van der Waals surface area contributed by atoms with Crippen LogP contribution >= 0.6 is 0 Å². The van der Waals surface area contributed by atoms with Gasteiger partial charge in [0, 0.05) is 25.1 Å². The Hall–Kier alpha value is -1.87. The van der Waals surface area contributed by atoms with Crippen LogP contribution in [0.2, 0.25) is 0 Å². The smallest absolute Gasteiger partial charge is 0.126 e. The summed E-state index contributed by atoms with van der Waals surface area (Å²) < 4.78 is 19.4. The van der Waals surface area contributed by atoms with Crippen LogP contribution < -0.4 is 4.74 Å². The summed E-state index contributed by atoms with van der Waals surface area (Å²) in [7, 11) is 2.13. The van der Waals surface area contributed by atoms with Gasteiger partial charge in [-0.25, -0.2) is 4.39 Å². The summed E-state index contributed by atoms with van der Waals surface area (Å²) >= 11 is 0. The van der Waals surface area contributed by atoms with Crippen LogP contribution in [-0.4, -0.2) is 31.1 Å². The van der Waals surface area contributed by atoms with Gasteiger partial charge in [-0.05, 0) is 31.2 Å². The first-order valence-corrected chi connectivity index (χ1v) is 7.38. The molecule has 0 saturated carbocycles. The molecule has 110 valence electrons. The molecule has 1 aliphatic rings. The second-order valence-corrected chi connectivity index (χ2v) is 5.68. The third-order valence-electron chi connectivity index (χ3n) is 4.06. The van der Waals surface area contributed by atoms with Crippen molar-refractivity contribution in [1.82, 2.24) is 4.90 Å². The molecule has 3 rings (SSSR count). The second-order valence-electron chi connectivity index (χ2n) is 5.68. The molecule has 1 saturated heterocycles. The number of ether oxygens (including phenoxy) is 1. The predicted molar refractivity (Wildman–Crippen MR) is 82.1 cm³/mol. The first kappa shape index (κ1) is 14.1. The molecule has 0 unspecified atom stereocenters. The molecule has 2 aromatic carbocycles. The van der Waals surface area contributed by atoms with Crippen molar-refractivity contribution in [1.29, 1.82) is 0 Å². The average Bonchev–Trinajstić information content (AvgIpc) is 2.50. The molecule has 3 heteroatoms. The largest absolute Gasteiger partial charge is 0.490 e. The lowest BCUT2D eigenvalue weighted by atomic mass is 9.88. The molecule has 2 nitrogen and oxygen atoms in total. The molecule has 21 heavy (non-hydrogen) atoms. The standard InChI is InChI=1S/C18H20FNO/c1-20-11-10-18(21-16-9-5-8-15(19)12-16)17(13-20)14-6-3-2-4-7-14/h2-9,12,17-18H,10-11,13H2,1H3/t17-,18+/m0/s1. The lowest BCUT2D eigenvalue weighted by Gasteiger charge is -2.37. The van der Waals surface area contributed by atoms with Gasteiger partial charge in [-0.3, -0.25) is 0 Å². The van der Waals surface area contributed by atoms with Crippen molar-refractivity contribution in [2.75, 3.05) is 20.1 Å². The highest BCUT2D eigenvalue weighted by Crippen LogP contribution is 2.30. The van der Waals surface area contributed by atoms with Gasteiger partial charge in [0.15, 0.2) is 0 Å². The number of piperidine rings is 1. The van der Waals surface area contributed by atoms with Crippen molar-refractivity contribution in [3.63, 3.8) is 0 Å². The fourth-order valence-corrected chi connectivity index (χ4v) is 2.97. The van der Waals surface area contributed by atoms with E-state index in [0.29, 0.717) is 11.7 Å². The molecule has 2 atom stereocenters. The van der Waals surface area contributed by atoms with E-state index in [-0.39, 0.29) is 11.9 Å². The van der Waals surface area contributed by atoms with Crippen LogP contribution in [0.1, 0.15) is 17.9 Å². The van der Waals surface area contributed by atoms with Crippen LogP contribution in [0.25, 0.3) is 0 Å². The van der Waals surface area contributed by atoms with Crippen LogP contribution in [0.5, 0.6) is 5.75 Å². The highest BCUT2D eigenvalue weighted by Gasteiger charge is 2.30. The number of likely N-dealkylation sites (N-methyl/N-ethyl adjacent to an activating group) is 1. The fourth-order valence-electron chi connectivity index (χ4n) is 2.97. The quantitative estimate of drug-likeness (QED) is 0.852. The second kappa shape index (κ2) is 6.27. The number of rotatable bonds is 3. The Morgan fingerprint density at radius 2 is 1.90 bits per heavy atom. The maximum atomic E-state index is 13.3. The molecule has 2 aromatic rings. The van der Waals surface area contributed by atoms with Crippen molar-refractivity contribution >= 4 is 0 Å². The predicted octanol–water partition coefficient (Wildman–Crippen LogP) is 3.69. The molecule has 0 amide bonds. The molecule has 0 aliphatic carbocycles. The van der Waals surface area contributed by atoms with E-state index in [9.17, 15) is 4.39 Å². The summed E-state index contributed by atoms with van der Waals surface area (Å²) in [5, 5.41) is 0. The van der Waals surface area contributed by atoms with Gasteiger partial charge >= 0.3 is 0 Å². The highest BCUT2D eigenvalue weighted by molar-refractivity contribution is 5.26. The Kier molecular flexibility index (Phi) is 4.20. The first-order valence-electron chi connectivity index (χ1n) is 7.38. The van der Waals surface area contributed by atoms with Crippen LogP contribution in [0.4, 0.5) is 4.39 Å². The number of likely N-dealkylation sites (tertiary alicyclic amines) is 1. The van der Waals surface area contributed by atoms with E-state index in [1.54, 1.807) is 6.07 Å². The van der Waals surface area contributed by atoms with Gasteiger partial charge in [-0.15, -0.1) is 0 Å². The molecule has 0 radical (unpaired) electrons. The Morgan fingerprint density at radius 1 is 1.10 bits per heavy atom. The van der Waals surface area contributed by atoms with Crippen LogP contribution in [-0.2, 0) is 0 Å². The van der Waals surface area contributed by atoms with Gasteiger partial charge in [0.25, 0.3) is 0 Å². The van der Waals surface area contributed by atoms with Crippen LogP contribution in [0.3, 0.4) is 0 Å². The topological polar surface area (TPSA) is 12.5 Å². The van der Waals surface area contributed by atoms with Gasteiger partial charge in [-0.2, -0.15) is 0 Å². The van der Waals surface area contributed by atoms with Gasteiger partial charge in [-0.1, -0.05) is 36.4 Å². The fraction of sp³-hybridized carbons (Fsp3) is 0.333. The summed E-state index contributed by atoms with van der Waals surface area (Å²) in [6.45, 7) is 1.97. The summed E-state index contributed by atoms with van der Waals surface area (Å²) in [5.74, 6) is 0.676. The Labute approximate surface area is 125 Å². The van der Waals surface area contributed by atoms with E-state index in [1.807, 2.05) is 12.1 Å². The Balaban J connectivity index is 1.81. The Bertz CT molecular complexity index is 587. The maximum absolute atomic E-state index is 13.3. The van der Waals surface area contributed by atoms with E-state index in [0.717, 1.165) is 19.5 Å². The third-order valence-corrected chi connectivity index (χ3v) is 4.06. The lowest BCUT2D eigenvalue weighted by Crippen LogP contribution is -2.42. The molecule has 1 fully saturated rings. The zero-order chi connectivity index (χ0) is 14.7. The Morgan fingerprint density at radius 3 is 2.67 bits per heavy atom. The number of nitrogens with zero attached hydrogens (tertiary/aromatic N) is 1. The summed E-state index contributed by atoms with van der Waals surface area (Å²) in [6, 6.07) is 16.8. The molecule has 1 heterocycles. The van der Waals surface area contributed by atoms with E-state index in [4.69, 9.17) is 4.74 Å². The molecule has 0 N–H and O–H groups in total. The summed E-state index contributed by atoms with van der Waals surface area (Å²) in [6.07, 6.45) is 1.04. The van der Waals surface area contributed by atoms with Crippen molar-refractivity contribution in [2.24, 2.45) is 0 Å². The number of hydrogen-bond donors (Lipinski definition) is 0. The SMILES string of the molecule is CN1CC[C@@H](Oc2cccc(F)c2)[C@H](c2ccccc2)C1. The van der Waals surface area contributed by atoms with Crippen LogP contribution in [0.15, 0.2) is 54.6 Å². The number of hydrogen-bond acceptors (Lipinski definition) is 2. The van der Waals surface area contributed by atoms with Crippen molar-refractivity contribution in [2.45, 2.75) is 18.4 Å². The molecule has 0 spiro atoms. The van der Waals surface area contributed by atoms with Gasteiger partial charge in [0.1, 0.15) is 17.7 Å². The van der Waals surface area contributed by atoms with Gasteiger partial charge in [0.2, 0.25) is 0 Å². The average molecular weight is 285 g/mol. The van der Waals surface area contributed by atoms with Gasteiger partial charge in [0.05, 0.1) is 0 Å². The highest BCUT2D eigenvalue weighted by atomic mass is 19.1. The third kappa shape index (κ3) is 3.42. The number of benzene rings is 2. The monoisotopic (exact) mass is 285 g/mol. The lowest BCUT2D eigenvalue weighted by molar-refractivity contribution is 0.0899. The van der Waals surface area contributed by atoms with E-state index in [1.165, 1.54) is 17.7 Å². The van der Waals surface area contributed by atoms with E-state index in [2.05, 4.69) is 36.2 Å². The molecular formula is C18H20FNO. The number of halogens is 1. The molecule has 0 aromatic heterocycles. The van der Waals surface area contributed by atoms with Crippen molar-refractivity contribution in [3.05, 3.63) is 66.0 Å². The summed E-state index contributed by atoms with van der Waals surface area (Å²) in [4.78, 5) is 2.32. The van der Waals surface area contributed by atoms with Gasteiger partial charge < -0.3 is 9.64 Å². The maximum Gasteiger partial charge on any atom is 0.126 e. The first-order chi connectivity index (χ1) is 10.2. The summed E-state index contributed by atoms with van der Waals surface area (Å²) in [5.41, 5.74) is 1.28. The normalized spacial score (nSPS) is 23.0. The minimum atomic E-state index is -0.253. The zero-order valence-electron chi connectivity index (χ0n) is 12.2. The van der Waals surface area contributed by atoms with E-state index < -0.39 is 0 Å².